The molecule has 0 bridgehead atoms. The average molecular weight is 306 g/mol. The summed E-state index contributed by atoms with van der Waals surface area (Å²) in [6.07, 6.45) is 1.80. The molecule has 0 unspecified atom stereocenters. The number of carbonyl (C=O) groups is 3. The number of hydrogen-bond acceptors (Lipinski definition) is 5. The van der Waals surface area contributed by atoms with Crippen LogP contribution in [0.25, 0.3) is 0 Å². The van der Waals surface area contributed by atoms with Crippen molar-refractivity contribution >= 4 is 28.8 Å². The van der Waals surface area contributed by atoms with Gasteiger partial charge in [-0.05, 0) is 35.9 Å². The molecule has 6 nitrogen and oxygen atoms in total. The van der Waals surface area contributed by atoms with E-state index in [0.29, 0.717) is 13.0 Å². The van der Waals surface area contributed by atoms with E-state index in [9.17, 15) is 14.4 Å². The van der Waals surface area contributed by atoms with E-state index in [0.717, 1.165) is 29.2 Å². The average Bonchev–Trinajstić information content (AvgIpc) is 2.77. The molecule has 1 heterocycles. The van der Waals surface area contributed by atoms with Gasteiger partial charge in [0.2, 0.25) is 5.91 Å². The first-order valence-electron chi connectivity index (χ1n) is 6.24. The summed E-state index contributed by atoms with van der Waals surface area (Å²) in [5.74, 6) is -0.146. The summed E-state index contributed by atoms with van der Waals surface area (Å²) in [4.78, 5) is 34.0. The minimum absolute atomic E-state index is 0.113. The molecule has 1 fully saturated rings. The molecule has 0 radical (unpaired) electrons. The minimum Gasteiger partial charge on any atom is -0.497 e. The number of methoxy groups -OCH3 is 1. The number of carbonyl (C=O) groups excluding carboxylic acids is 3. The van der Waals surface area contributed by atoms with Gasteiger partial charge in [-0.3, -0.25) is 19.7 Å². The molecule has 0 atom stereocenters. The number of amides is 3. The second kappa shape index (κ2) is 6.94. The third kappa shape index (κ3) is 4.35. The van der Waals surface area contributed by atoms with Crippen LogP contribution in [-0.4, -0.2) is 30.7 Å². The lowest BCUT2D eigenvalue weighted by Crippen LogP contribution is -2.25. The Balaban J connectivity index is 1.80. The van der Waals surface area contributed by atoms with E-state index < -0.39 is 17.1 Å². The van der Waals surface area contributed by atoms with Crippen molar-refractivity contribution in [1.82, 2.24) is 10.6 Å². The second-order valence-electron chi connectivity index (χ2n) is 4.24. The molecule has 2 rings (SSSR count). The third-order valence-corrected chi connectivity index (χ3v) is 3.59. The Hall–Kier alpha value is -2.28. The van der Waals surface area contributed by atoms with Crippen LogP contribution >= 0.6 is 11.8 Å². The van der Waals surface area contributed by atoms with Gasteiger partial charge in [0.05, 0.1) is 12.0 Å². The van der Waals surface area contributed by atoms with E-state index in [1.165, 1.54) is 0 Å². The van der Waals surface area contributed by atoms with Crippen LogP contribution in [0.5, 0.6) is 5.75 Å². The summed E-state index contributed by atoms with van der Waals surface area (Å²) in [5, 5.41) is 4.30. The third-order valence-electron chi connectivity index (χ3n) is 2.78. The van der Waals surface area contributed by atoms with Crippen LogP contribution in [0.15, 0.2) is 35.2 Å². The van der Waals surface area contributed by atoms with Crippen LogP contribution in [0.4, 0.5) is 4.79 Å². The van der Waals surface area contributed by atoms with Crippen molar-refractivity contribution < 1.29 is 19.1 Å². The molecule has 3 amide bonds. The van der Waals surface area contributed by atoms with E-state index >= 15 is 0 Å². The molecule has 21 heavy (non-hydrogen) atoms. The molecular weight excluding hydrogens is 292 g/mol. The standard InChI is InChI=1S/C14H14N2O4S/c1-20-10-4-2-9(3-5-10)6-7-15-12(17)8-11-13(18)16-14(19)21-11/h2-5,8H,6-7H2,1H3,(H,15,17)(H,16,18,19). The number of rotatable bonds is 5. The number of ether oxygens (including phenoxy) is 1. The van der Waals surface area contributed by atoms with Gasteiger partial charge < -0.3 is 10.1 Å². The fourth-order valence-electron chi connectivity index (χ4n) is 1.71. The van der Waals surface area contributed by atoms with Gasteiger partial charge in [0.1, 0.15) is 5.75 Å². The topological polar surface area (TPSA) is 84.5 Å². The molecule has 1 aliphatic rings. The second-order valence-corrected chi connectivity index (χ2v) is 5.26. The van der Waals surface area contributed by atoms with Crippen molar-refractivity contribution in [3.05, 3.63) is 40.8 Å². The number of nitrogens with one attached hydrogen (secondary N) is 2. The molecule has 110 valence electrons. The first kappa shape index (κ1) is 15.1. The van der Waals surface area contributed by atoms with Crippen LogP contribution in [0.1, 0.15) is 5.56 Å². The summed E-state index contributed by atoms with van der Waals surface area (Å²) >= 11 is 0.723. The monoisotopic (exact) mass is 306 g/mol. The van der Waals surface area contributed by atoms with Crippen molar-refractivity contribution in [3.63, 3.8) is 0 Å². The zero-order valence-electron chi connectivity index (χ0n) is 11.3. The molecule has 0 saturated carbocycles. The van der Waals surface area contributed by atoms with Gasteiger partial charge in [0, 0.05) is 12.6 Å². The number of imide groups is 1. The lowest BCUT2D eigenvalue weighted by atomic mass is 10.1. The van der Waals surface area contributed by atoms with Crippen molar-refractivity contribution in [2.24, 2.45) is 0 Å². The van der Waals surface area contributed by atoms with Gasteiger partial charge in [-0.15, -0.1) is 0 Å². The van der Waals surface area contributed by atoms with Crippen LogP contribution < -0.4 is 15.4 Å². The first-order chi connectivity index (χ1) is 10.1. The Morgan fingerprint density at radius 1 is 1.33 bits per heavy atom. The van der Waals surface area contributed by atoms with Crippen LogP contribution in [0.3, 0.4) is 0 Å². The minimum atomic E-state index is -0.532. The predicted octanol–water partition coefficient (Wildman–Crippen LogP) is 1.22. The van der Waals surface area contributed by atoms with E-state index in [-0.39, 0.29) is 4.91 Å². The molecule has 1 aromatic rings. The smallest absolute Gasteiger partial charge is 0.290 e. The highest BCUT2D eigenvalue weighted by molar-refractivity contribution is 8.18. The summed E-state index contributed by atoms with van der Waals surface area (Å²) in [6.45, 7) is 0.440. The number of thioether (sulfide) groups is 1. The van der Waals surface area contributed by atoms with Gasteiger partial charge in [-0.2, -0.15) is 0 Å². The first-order valence-corrected chi connectivity index (χ1v) is 7.06. The molecule has 7 heteroatoms. The molecule has 0 aromatic heterocycles. The van der Waals surface area contributed by atoms with Gasteiger partial charge in [-0.1, -0.05) is 12.1 Å². The summed E-state index contributed by atoms with van der Waals surface area (Å²) < 4.78 is 5.06. The predicted molar refractivity (Wildman–Crippen MR) is 78.9 cm³/mol. The van der Waals surface area contributed by atoms with Gasteiger partial charge in [-0.25, -0.2) is 0 Å². The molecular formula is C14H14N2O4S. The van der Waals surface area contributed by atoms with Gasteiger partial charge >= 0.3 is 0 Å². The Morgan fingerprint density at radius 2 is 2.05 bits per heavy atom. The quantitative estimate of drug-likeness (QED) is 0.799. The maximum Gasteiger partial charge on any atom is 0.290 e. The Labute approximate surface area is 125 Å². The Kier molecular flexibility index (Phi) is 4.99. The maximum atomic E-state index is 11.6. The van der Waals surface area contributed by atoms with Crippen molar-refractivity contribution in [1.29, 1.82) is 0 Å². The van der Waals surface area contributed by atoms with E-state index in [1.54, 1.807) is 7.11 Å². The SMILES string of the molecule is COc1ccc(CCNC(=O)C=C2SC(=O)NC2=O)cc1. The molecule has 1 saturated heterocycles. The molecule has 0 aliphatic carbocycles. The summed E-state index contributed by atoms with van der Waals surface area (Å²) in [6, 6.07) is 7.54. The fourth-order valence-corrected chi connectivity index (χ4v) is 2.37. The largest absolute Gasteiger partial charge is 0.497 e. The van der Waals surface area contributed by atoms with Crippen molar-refractivity contribution in [2.45, 2.75) is 6.42 Å². The zero-order valence-corrected chi connectivity index (χ0v) is 12.2. The van der Waals surface area contributed by atoms with E-state index in [4.69, 9.17) is 4.74 Å². The van der Waals surface area contributed by atoms with Gasteiger partial charge in [0.15, 0.2) is 0 Å². The normalized spacial score (nSPS) is 16.0. The van der Waals surface area contributed by atoms with E-state index in [2.05, 4.69) is 10.6 Å². The molecule has 2 N–H and O–H groups in total. The van der Waals surface area contributed by atoms with E-state index in [1.807, 2.05) is 24.3 Å². The number of hydrogen-bond donors (Lipinski definition) is 2. The summed E-state index contributed by atoms with van der Waals surface area (Å²) in [7, 11) is 1.60. The Bertz CT molecular complexity index is 595. The lowest BCUT2D eigenvalue weighted by molar-refractivity contribution is -0.118. The maximum absolute atomic E-state index is 11.6. The van der Waals surface area contributed by atoms with Gasteiger partial charge in [0.25, 0.3) is 11.1 Å². The zero-order chi connectivity index (χ0) is 15.2. The highest BCUT2D eigenvalue weighted by Crippen LogP contribution is 2.22. The molecule has 1 aliphatic heterocycles. The molecule has 0 spiro atoms. The highest BCUT2D eigenvalue weighted by atomic mass is 32.2. The van der Waals surface area contributed by atoms with Crippen LogP contribution in [0, 0.1) is 0 Å². The fraction of sp³-hybridized carbons (Fsp3) is 0.214. The summed E-state index contributed by atoms with van der Waals surface area (Å²) in [5.41, 5.74) is 1.06. The van der Waals surface area contributed by atoms with Crippen molar-refractivity contribution in [3.8, 4) is 5.75 Å². The Morgan fingerprint density at radius 3 is 2.62 bits per heavy atom. The van der Waals surface area contributed by atoms with Crippen molar-refractivity contribution in [2.75, 3.05) is 13.7 Å². The highest BCUT2D eigenvalue weighted by Gasteiger charge is 2.25. The lowest BCUT2D eigenvalue weighted by Gasteiger charge is -2.04. The molecule has 1 aromatic carbocycles. The van der Waals surface area contributed by atoms with Crippen LogP contribution in [-0.2, 0) is 16.0 Å². The van der Waals surface area contributed by atoms with Crippen LogP contribution in [0.2, 0.25) is 0 Å². The number of benzene rings is 1.